The number of hydrogen-bond acceptors (Lipinski definition) is 0. The molecule has 0 unspecified atom stereocenters. The van der Waals surface area contributed by atoms with Gasteiger partial charge >= 0.3 is 0 Å². The van der Waals surface area contributed by atoms with E-state index in [4.69, 9.17) is 0 Å². The molecule has 0 aliphatic carbocycles. The maximum Gasteiger partial charge on any atom is 0.194 e. The molecule has 0 aliphatic heterocycles. The van der Waals surface area contributed by atoms with E-state index < -0.39 is 45.8 Å². The van der Waals surface area contributed by atoms with Crippen LogP contribution in [0.3, 0.4) is 0 Å². The van der Waals surface area contributed by atoms with Crippen molar-refractivity contribution in [1.29, 1.82) is 0 Å². The van der Waals surface area contributed by atoms with Crippen molar-refractivity contribution in [3.05, 3.63) is 84.5 Å². The fourth-order valence-corrected chi connectivity index (χ4v) is 6.72. The zero-order chi connectivity index (χ0) is 19.9. The van der Waals surface area contributed by atoms with Gasteiger partial charge in [-0.25, -0.2) is 26.3 Å². The minimum absolute atomic E-state index is 0.0315. The fraction of sp³-hybridized carbons (Fsp3) is 0. The Morgan fingerprint density at radius 2 is 1.00 bits per heavy atom. The normalized spacial score (nSPS) is 11.3. The molecule has 3 aromatic carbocycles. The molecule has 9 heteroatoms. The lowest BCUT2D eigenvalue weighted by Crippen LogP contribution is -2.10. The molecule has 27 heavy (non-hydrogen) atoms. The maximum atomic E-state index is 13.8. The van der Waals surface area contributed by atoms with Crippen LogP contribution in [0.15, 0.2) is 57.2 Å². The van der Waals surface area contributed by atoms with E-state index >= 15 is 0 Å². The molecule has 0 fully saturated rings. The molecule has 0 heterocycles. The number of halogens is 8. The summed E-state index contributed by atoms with van der Waals surface area (Å²) in [7, 11) is -1.40. The highest BCUT2D eigenvalue weighted by Gasteiger charge is 2.35. The lowest BCUT2D eigenvalue weighted by molar-refractivity contribution is 0.442. The van der Waals surface area contributed by atoms with Crippen LogP contribution < -0.4 is 0 Å². The summed E-state index contributed by atoms with van der Waals surface area (Å²) in [6.45, 7) is 0. The zero-order valence-corrected chi connectivity index (χ0v) is 18.1. The molecule has 0 radical (unpaired) electrons. The number of rotatable bonds is 3. The van der Waals surface area contributed by atoms with E-state index in [-0.39, 0.29) is 9.79 Å². The molecule has 0 saturated heterocycles. The van der Waals surface area contributed by atoms with Gasteiger partial charge in [-0.2, -0.15) is 0 Å². The molecule has 0 aromatic heterocycles. The second-order valence-electron chi connectivity index (χ2n) is 5.28. The smallest absolute Gasteiger partial charge is 0.194 e. The molecule has 3 aromatic rings. The lowest BCUT2D eigenvalue weighted by atomic mass is 10.3. The van der Waals surface area contributed by atoms with Crippen LogP contribution in [0.1, 0.15) is 0 Å². The van der Waals surface area contributed by atoms with E-state index in [1.807, 2.05) is 22.6 Å². The maximum absolute atomic E-state index is 13.8. The minimum atomic E-state index is -1.64. The van der Waals surface area contributed by atoms with Crippen molar-refractivity contribution in [3.8, 4) is 0 Å². The largest absolute Gasteiger partial charge is 0.203 e. The Kier molecular flexibility index (Phi) is 6.31. The van der Waals surface area contributed by atoms with Crippen LogP contribution in [0.25, 0.3) is 0 Å². The van der Waals surface area contributed by atoms with Crippen molar-refractivity contribution in [2.75, 3.05) is 0 Å². The first-order chi connectivity index (χ1) is 12.7. The summed E-state index contributed by atoms with van der Waals surface area (Å²) >= 11 is 4.05. The van der Waals surface area contributed by atoms with Crippen molar-refractivity contribution in [1.82, 2.24) is 0 Å². The topological polar surface area (TPSA) is 0 Å². The molecule has 0 saturated carbocycles. The van der Waals surface area contributed by atoms with E-state index in [1.165, 1.54) is 0 Å². The summed E-state index contributed by atoms with van der Waals surface area (Å²) < 4.78 is 83.5. The second-order valence-corrected chi connectivity index (χ2v) is 9.69. The summed E-state index contributed by atoms with van der Waals surface area (Å²) in [5.74, 6) is -8.98. The van der Waals surface area contributed by atoms with E-state index in [0.717, 1.165) is 27.8 Å². The molecule has 140 valence electrons. The minimum Gasteiger partial charge on any atom is -0.203 e. The third kappa shape index (κ3) is 4.24. The summed E-state index contributed by atoms with van der Waals surface area (Å²) in [6, 6.07) is 8.21. The Bertz CT molecular complexity index is 937. The molecule has 0 atom stereocenters. The van der Waals surface area contributed by atoms with E-state index in [1.54, 1.807) is 18.2 Å². The van der Waals surface area contributed by atoms with Crippen LogP contribution in [-0.4, -0.2) is 0 Å². The molecule has 0 spiro atoms. The van der Waals surface area contributed by atoms with Crippen molar-refractivity contribution in [3.63, 3.8) is 0 Å². The van der Waals surface area contributed by atoms with Gasteiger partial charge in [0.2, 0.25) is 0 Å². The monoisotopic (exact) mass is 623 g/mol. The van der Waals surface area contributed by atoms with Gasteiger partial charge in [-0.3, -0.25) is 0 Å². The van der Waals surface area contributed by atoms with E-state index in [9.17, 15) is 26.3 Å². The summed E-state index contributed by atoms with van der Waals surface area (Å²) in [4.78, 5) is 0.443. The van der Waals surface area contributed by atoms with Gasteiger partial charge in [-0.1, -0.05) is 0 Å². The Morgan fingerprint density at radius 1 is 0.593 bits per heavy atom. The van der Waals surface area contributed by atoms with Crippen molar-refractivity contribution in [2.24, 2.45) is 0 Å². The fourth-order valence-electron chi connectivity index (χ4n) is 2.33. The number of hydrogen-bond donors (Lipinski definition) is 0. The first-order valence-corrected chi connectivity index (χ1v) is 10.6. The highest BCUT2D eigenvalue weighted by atomic mass is 127. The van der Waals surface area contributed by atoms with Crippen LogP contribution in [0, 0.1) is 42.0 Å². The average Bonchev–Trinajstić information content (AvgIpc) is 2.59. The van der Waals surface area contributed by atoms with Gasteiger partial charge in [0.25, 0.3) is 0 Å². The molecule has 0 aliphatic rings. The molecule has 0 nitrogen and oxygen atoms in total. The van der Waals surface area contributed by atoms with Crippen LogP contribution in [0.4, 0.5) is 26.3 Å². The molecule has 3 rings (SSSR count). The van der Waals surface area contributed by atoms with Gasteiger partial charge in [-0.15, -0.1) is 0 Å². The summed E-state index contributed by atoms with van der Waals surface area (Å²) in [5, 5.41) is 0. The molecule has 0 N–H and O–H groups in total. The van der Waals surface area contributed by atoms with Crippen molar-refractivity contribution in [2.45, 2.75) is 14.7 Å². The zero-order valence-electron chi connectivity index (χ0n) is 13.0. The highest BCUT2D eigenvalue weighted by molar-refractivity contribution is 14.1. The Balaban J connectivity index is 2.30. The number of benzene rings is 3. The Morgan fingerprint density at radius 3 is 1.37 bits per heavy atom. The molecular formula is C18H7F6I2S+. The standard InChI is InChI=1S/C18H7F6I2S/c19-11-4-9(5-12(20)17(11)23)27(16-2-1-8(25)3-15(16)26)10-6-13(21)18(24)14(22)7-10/h1-7H/q+1. The highest BCUT2D eigenvalue weighted by Crippen LogP contribution is 2.36. The quantitative estimate of drug-likeness (QED) is 0.130. The lowest BCUT2D eigenvalue weighted by Gasteiger charge is -2.11. The van der Waals surface area contributed by atoms with Crippen molar-refractivity contribution < 1.29 is 26.3 Å². The van der Waals surface area contributed by atoms with E-state index in [2.05, 4.69) is 22.6 Å². The molecule has 0 amide bonds. The van der Waals surface area contributed by atoms with Crippen LogP contribution in [0.2, 0.25) is 0 Å². The summed E-state index contributed by atoms with van der Waals surface area (Å²) in [6.07, 6.45) is 0. The van der Waals surface area contributed by atoms with Gasteiger partial charge in [0.15, 0.2) is 49.6 Å². The molecule has 0 bridgehead atoms. The van der Waals surface area contributed by atoms with Gasteiger partial charge in [0.1, 0.15) is 10.9 Å². The first kappa shape index (κ1) is 20.8. The van der Waals surface area contributed by atoms with Gasteiger partial charge in [0, 0.05) is 27.8 Å². The van der Waals surface area contributed by atoms with Gasteiger partial charge < -0.3 is 0 Å². The SMILES string of the molecule is Fc1cc([S+](c2cc(F)c(F)c(F)c2)c2ccc(I)cc2I)cc(F)c1F. The van der Waals surface area contributed by atoms with Crippen LogP contribution >= 0.6 is 45.2 Å². The second kappa shape index (κ2) is 8.19. The Labute approximate surface area is 180 Å². The third-order valence-electron chi connectivity index (χ3n) is 3.50. The van der Waals surface area contributed by atoms with Crippen molar-refractivity contribution >= 4 is 56.1 Å². The first-order valence-electron chi connectivity index (χ1n) is 7.17. The van der Waals surface area contributed by atoms with Crippen LogP contribution in [-0.2, 0) is 10.9 Å². The van der Waals surface area contributed by atoms with Gasteiger partial charge in [-0.05, 0) is 63.4 Å². The molecular weight excluding hydrogens is 616 g/mol. The van der Waals surface area contributed by atoms with Crippen LogP contribution in [0.5, 0.6) is 0 Å². The predicted octanol–water partition coefficient (Wildman–Crippen LogP) is 6.83. The Hall–Kier alpha value is -0.950. The average molecular weight is 623 g/mol. The third-order valence-corrected chi connectivity index (χ3v) is 7.64. The summed E-state index contributed by atoms with van der Waals surface area (Å²) in [5.41, 5.74) is 0. The predicted molar refractivity (Wildman–Crippen MR) is 107 cm³/mol. The van der Waals surface area contributed by atoms with Gasteiger partial charge in [0.05, 0.1) is 3.57 Å². The van der Waals surface area contributed by atoms with E-state index in [0.29, 0.717) is 8.47 Å².